The van der Waals surface area contributed by atoms with Crippen LogP contribution in [-0.2, 0) is 16.9 Å². The molecule has 1 aromatic carbocycles. The van der Waals surface area contributed by atoms with E-state index in [1.807, 2.05) is 0 Å². The van der Waals surface area contributed by atoms with Crippen LogP contribution in [0.5, 0.6) is 5.75 Å². The lowest BCUT2D eigenvalue weighted by molar-refractivity contribution is 0.400. The minimum absolute atomic E-state index is 0.105. The molecule has 108 valence electrons. The van der Waals surface area contributed by atoms with Crippen LogP contribution in [0.1, 0.15) is 0 Å². The first-order chi connectivity index (χ1) is 9.24. The molecular formula is C12H14BrN3O3S. The maximum Gasteiger partial charge on any atom is 0.179 e. The summed E-state index contributed by atoms with van der Waals surface area (Å²) in [4.78, 5) is 0.105. The van der Waals surface area contributed by atoms with Crippen molar-refractivity contribution >= 4 is 31.6 Å². The third-order valence-corrected chi connectivity index (χ3v) is 4.52. The van der Waals surface area contributed by atoms with Gasteiger partial charge in [-0.2, -0.15) is 5.10 Å². The van der Waals surface area contributed by atoms with Crippen LogP contribution >= 0.6 is 15.9 Å². The summed E-state index contributed by atoms with van der Waals surface area (Å²) in [5.74, 6) is 0.771. The average Bonchev–Trinajstić information content (AvgIpc) is 2.67. The Morgan fingerprint density at radius 2 is 2.00 bits per heavy atom. The Labute approximate surface area is 125 Å². The number of hydrogen-bond donors (Lipinski definition) is 1. The first-order valence-corrected chi connectivity index (χ1v) is 8.30. The van der Waals surface area contributed by atoms with E-state index in [1.54, 1.807) is 19.2 Å². The largest absolute Gasteiger partial charge is 0.494 e. The molecule has 0 aliphatic heterocycles. The number of aromatic nitrogens is 2. The lowest BCUT2D eigenvalue weighted by Gasteiger charge is -2.10. The molecule has 0 atom stereocenters. The van der Waals surface area contributed by atoms with Gasteiger partial charge in [0.2, 0.25) is 0 Å². The molecule has 2 N–H and O–H groups in total. The SMILES string of the molecule is COc1c(Br)cc(-c2cc(N)n(C)n2)cc1S(C)(=O)=O. The number of hydrogen-bond acceptors (Lipinski definition) is 5. The van der Waals surface area contributed by atoms with Gasteiger partial charge in [0.15, 0.2) is 15.6 Å². The fraction of sp³-hybridized carbons (Fsp3) is 0.250. The summed E-state index contributed by atoms with van der Waals surface area (Å²) in [6.07, 6.45) is 1.13. The molecule has 0 unspecified atom stereocenters. The molecule has 0 amide bonds. The summed E-state index contributed by atoms with van der Waals surface area (Å²) in [7, 11) is -0.282. The second-order valence-corrected chi connectivity index (χ2v) is 7.18. The number of benzene rings is 1. The molecule has 8 heteroatoms. The summed E-state index contributed by atoms with van der Waals surface area (Å²) in [6, 6.07) is 4.95. The Balaban J connectivity index is 2.71. The smallest absolute Gasteiger partial charge is 0.179 e. The molecule has 0 saturated heterocycles. The molecule has 0 saturated carbocycles. The normalized spacial score (nSPS) is 11.6. The molecule has 0 radical (unpaired) electrons. The number of methoxy groups -OCH3 is 1. The lowest BCUT2D eigenvalue weighted by atomic mass is 10.1. The van der Waals surface area contributed by atoms with Crippen molar-refractivity contribution in [3.05, 3.63) is 22.7 Å². The van der Waals surface area contributed by atoms with Crippen LogP contribution in [-0.4, -0.2) is 31.6 Å². The number of nitrogens with two attached hydrogens (primary N) is 1. The van der Waals surface area contributed by atoms with Gasteiger partial charge in [-0.25, -0.2) is 8.42 Å². The minimum atomic E-state index is -3.42. The van der Waals surface area contributed by atoms with E-state index in [2.05, 4.69) is 21.0 Å². The van der Waals surface area contributed by atoms with Crippen molar-refractivity contribution in [3.63, 3.8) is 0 Å². The van der Waals surface area contributed by atoms with Gasteiger partial charge in [-0.05, 0) is 28.1 Å². The topological polar surface area (TPSA) is 87.2 Å². The van der Waals surface area contributed by atoms with E-state index in [1.165, 1.54) is 17.9 Å². The number of aryl methyl sites for hydroxylation is 1. The number of halogens is 1. The highest BCUT2D eigenvalue weighted by Crippen LogP contribution is 2.37. The fourth-order valence-corrected chi connectivity index (χ4v) is 3.44. The Morgan fingerprint density at radius 1 is 1.35 bits per heavy atom. The highest BCUT2D eigenvalue weighted by molar-refractivity contribution is 9.10. The van der Waals surface area contributed by atoms with Crippen LogP contribution in [0.2, 0.25) is 0 Å². The molecule has 0 aliphatic carbocycles. The third-order valence-electron chi connectivity index (χ3n) is 2.82. The van der Waals surface area contributed by atoms with Gasteiger partial charge in [-0.1, -0.05) is 0 Å². The highest BCUT2D eigenvalue weighted by atomic mass is 79.9. The summed E-state index contributed by atoms with van der Waals surface area (Å²) >= 11 is 3.32. The standard InChI is InChI=1S/C12H14BrN3O3S/c1-16-11(14)6-9(15-16)7-4-8(13)12(19-2)10(5-7)20(3,17)18/h4-6H,14H2,1-3H3. The molecule has 20 heavy (non-hydrogen) atoms. The molecule has 0 bridgehead atoms. The molecule has 1 aromatic heterocycles. The predicted molar refractivity (Wildman–Crippen MR) is 80.4 cm³/mol. The van der Waals surface area contributed by atoms with Crippen LogP contribution in [0.3, 0.4) is 0 Å². The fourth-order valence-electron chi connectivity index (χ4n) is 1.81. The molecule has 0 aliphatic rings. The quantitative estimate of drug-likeness (QED) is 0.903. The first-order valence-electron chi connectivity index (χ1n) is 5.61. The van der Waals surface area contributed by atoms with Gasteiger partial charge in [0.05, 0.1) is 17.3 Å². The van der Waals surface area contributed by atoms with Gasteiger partial charge >= 0.3 is 0 Å². The van der Waals surface area contributed by atoms with Gasteiger partial charge in [0.25, 0.3) is 0 Å². The van der Waals surface area contributed by atoms with Gasteiger partial charge in [0.1, 0.15) is 10.7 Å². The van der Waals surface area contributed by atoms with E-state index in [9.17, 15) is 8.42 Å². The summed E-state index contributed by atoms with van der Waals surface area (Å²) in [6.45, 7) is 0. The second-order valence-electron chi connectivity index (χ2n) is 4.34. The Kier molecular flexibility index (Phi) is 3.79. The van der Waals surface area contributed by atoms with Crippen molar-refractivity contribution in [3.8, 4) is 17.0 Å². The van der Waals surface area contributed by atoms with E-state index in [-0.39, 0.29) is 10.6 Å². The van der Waals surface area contributed by atoms with Crippen molar-refractivity contribution in [2.45, 2.75) is 4.90 Å². The van der Waals surface area contributed by atoms with E-state index in [0.717, 1.165) is 6.26 Å². The van der Waals surface area contributed by atoms with Crippen molar-refractivity contribution in [1.82, 2.24) is 9.78 Å². The van der Waals surface area contributed by atoms with Crippen molar-refractivity contribution in [2.75, 3.05) is 19.1 Å². The zero-order chi connectivity index (χ0) is 15.1. The van der Waals surface area contributed by atoms with E-state index in [0.29, 0.717) is 21.5 Å². The van der Waals surface area contributed by atoms with Crippen LogP contribution in [0, 0.1) is 0 Å². The molecule has 2 aromatic rings. The number of rotatable bonds is 3. The summed E-state index contributed by atoms with van der Waals surface area (Å²) in [5, 5.41) is 4.24. The second kappa shape index (κ2) is 5.10. The summed E-state index contributed by atoms with van der Waals surface area (Å²) < 4.78 is 30.9. The van der Waals surface area contributed by atoms with Crippen LogP contribution in [0.15, 0.2) is 27.6 Å². The third kappa shape index (κ3) is 2.66. The molecule has 6 nitrogen and oxygen atoms in total. The van der Waals surface area contributed by atoms with Crippen LogP contribution in [0.25, 0.3) is 11.3 Å². The van der Waals surface area contributed by atoms with Crippen LogP contribution in [0.4, 0.5) is 5.82 Å². The Morgan fingerprint density at radius 3 is 2.45 bits per heavy atom. The maximum atomic E-state index is 11.9. The number of nitrogen functional groups attached to an aromatic ring is 1. The van der Waals surface area contributed by atoms with Crippen molar-refractivity contribution < 1.29 is 13.2 Å². The molecule has 1 heterocycles. The first kappa shape index (κ1) is 14.9. The van der Waals surface area contributed by atoms with Crippen molar-refractivity contribution in [1.29, 1.82) is 0 Å². The molecular weight excluding hydrogens is 346 g/mol. The van der Waals surface area contributed by atoms with Gasteiger partial charge in [0, 0.05) is 24.9 Å². The minimum Gasteiger partial charge on any atom is -0.494 e. The van der Waals surface area contributed by atoms with E-state index >= 15 is 0 Å². The average molecular weight is 360 g/mol. The zero-order valence-corrected chi connectivity index (χ0v) is 13.6. The predicted octanol–water partition coefficient (Wildman–Crippen LogP) is 1.84. The highest BCUT2D eigenvalue weighted by Gasteiger charge is 2.20. The maximum absolute atomic E-state index is 11.9. The van der Waals surface area contributed by atoms with Crippen molar-refractivity contribution in [2.24, 2.45) is 7.05 Å². The molecule has 2 rings (SSSR count). The lowest BCUT2D eigenvalue weighted by Crippen LogP contribution is -2.02. The number of sulfone groups is 1. The Hall–Kier alpha value is -1.54. The molecule has 0 spiro atoms. The zero-order valence-electron chi connectivity index (χ0n) is 11.2. The number of nitrogens with zero attached hydrogens (tertiary/aromatic N) is 2. The van der Waals surface area contributed by atoms with E-state index < -0.39 is 9.84 Å². The summed E-state index contributed by atoms with van der Waals surface area (Å²) in [5.41, 5.74) is 6.98. The number of ether oxygens (including phenoxy) is 1. The van der Waals surface area contributed by atoms with Gasteiger partial charge in [-0.3, -0.25) is 4.68 Å². The van der Waals surface area contributed by atoms with E-state index in [4.69, 9.17) is 10.5 Å². The number of anilines is 1. The molecule has 0 fully saturated rings. The van der Waals surface area contributed by atoms with Gasteiger partial charge in [-0.15, -0.1) is 0 Å². The Bertz CT molecular complexity index is 749. The van der Waals surface area contributed by atoms with Crippen LogP contribution < -0.4 is 10.5 Å². The van der Waals surface area contributed by atoms with Gasteiger partial charge < -0.3 is 10.5 Å². The monoisotopic (exact) mass is 359 g/mol.